The molecule has 18 heavy (non-hydrogen) atoms. The van der Waals surface area contributed by atoms with Crippen molar-refractivity contribution in [3.05, 3.63) is 35.4 Å². The summed E-state index contributed by atoms with van der Waals surface area (Å²) >= 11 is 0. The highest BCUT2D eigenvalue weighted by Gasteiger charge is 2.22. The first-order chi connectivity index (χ1) is 8.83. The van der Waals surface area contributed by atoms with Crippen molar-refractivity contribution in [3.8, 4) is 11.8 Å². The van der Waals surface area contributed by atoms with Gasteiger partial charge in [0.2, 0.25) is 0 Å². The Labute approximate surface area is 110 Å². The molecule has 1 atom stereocenters. The minimum Gasteiger partial charge on any atom is -0.320 e. The topological polar surface area (TPSA) is 29.3 Å². The number of nitrogens with two attached hydrogens (primary N) is 1. The first-order valence-corrected chi connectivity index (χ1v) is 6.85. The lowest BCUT2D eigenvalue weighted by atomic mass is 10.1. The third kappa shape index (κ3) is 3.35. The monoisotopic (exact) mass is 242 g/mol. The summed E-state index contributed by atoms with van der Waals surface area (Å²) in [5.41, 5.74) is 7.80. The van der Waals surface area contributed by atoms with Crippen molar-refractivity contribution in [3.63, 3.8) is 0 Å². The summed E-state index contributed by atoms with van der Waals surface area (Å²) in [6, 6.07) is 9.34. The van der Waals surface area contributed by atoms with Gasteiger partial charge in [0.05, 0.1) is 6.54 Å². The molecule has 0 amide bonds. The van der Waals surface area contributed by atoms with Gasteiger partial charge in [-0.2, -0.15) is 0 Å². The average molecular weight is 242 g/mol. The quantitative estimate of drug-likeness (QED) is 0.825. The van der Waals surface area contributed by atoms with Gasteiger partial charge in [-0.25, -0.2) is 0 Å². The molecule has 1 aromatic carbocycles. The number of rotatable bonds is 3. The molecule has 0 aromatic heterocycles. The summed E-state index contributed by atoms with van der Waals surface area (Å²) < 4.78 is 0. The van der Waals surface area contributed by atoms with Crippen LogP contribution in [-0.2, 0) is 6.54 Å². The second kappa shape index (κ2) is 6.58. The molecule has 0 saturated carbocycles. The van der Waals surface area contributed by atoms with Crippen molar-refractivity contribution in [2.75, 3.05) is 13.1 Å². The Hall–Kier alpha value is -1.30. The summed E-state index contributed by atoms with van der Waals surface area (Å²) in [6.45, 7) is 5.03. The zero-order chi connectivity index (χ0) is 12.8. The van der Waals surface area contributed by atoms with Crippen molar-refractivity contribution < 1.29 is 0 Å². The second-order valence-corrected chi connectivity index (χ2v) is 4.88. The van der Waals surface area contributed by atoms with Crippen LogP contribution in [0.25, 0.3) is 0 Å². The Morgan fingerprint density at radius 1 is 1.33 bits per heavy atom. The molecule has 0 bridgehead atoms. The SMILES string of the molecule is CCC1CCCN1Cc1ccc(C#CCN)cc1. The maximum absolute atomic E-state index is 5.37. The standard InChI is InChI=1S/C16H22N2/c1-2-16-6-4-12-18(16)13-15-9-7-14(8-10-15)5-3-11-17/h7-10,16H,2,4,6,11-13,17H2,1H3. The molecule has 1 aromatic rings. The summed E-state index contributed by atoms with van der Waals surface area (Å²) in [4.78, 5) is 2.60. The minimum atomic E-state index is 0.424. The fraction of sp³-hybridized carbons (Fsp3) is 0.500. The fourth-order valence-corrected chi connectivity index (χ4v) is 2.65. The summed E-state index contributed by atoms with van der Waals surface area (Å²) in [7, 11) is 0. The molecule has 1 aliphatic rings. The van der Waals surface area contributed by atoms with E-state index in [1.54, 1.807) is 0 Å². The number of benzene rings is 1. The average Bonchev–Trinajstić information content (AvgIpc) is 2.85. The fourth-order valence-electron chi connectivity index (χ4n) is 2.65. The molecule has 2 N–H and O–H groups in total. The van der Waals surface area contributed by atoms with Crippen molar-refractivity contribution in [2.24, 2.45) is 5.73 Å². The van der Waals surface area contributed by atoms with E-state index < -0.39 is 0 Å². The molecule has 2 nitrogen and oxygen atoms in total. The molecular weight excluding hydrogens is 220 g/mol. The van der Waals surface area contributed by atoms with E-state index in [-0.39, 0.29) is 0 Å². The molecule has 0 aliphatic carbocycles. The molecule has 1 aliphatic heterocycles. The van der Waals surface area contributed by atoms with Crippen molar-refractivity contribution in [1.82, 2.24) is 4.90 Å². The maximum Gasteiger partial charge on any atom is 0.0555 e. The zero-order valence-electron chi connectivity index (χ0n) is 11.2. The van der Waals surface area contributed by atoms with E-state index in [4.69, 9.17) is 5.73 Å². The highest BCUT2D eigenvalue weighted by molar-refractivity contribution is 5.36. The van der Waals surface area contributed by atoms with Crippen molar-refractivity contribution >= 4 is 0 Å². The second-order valence-electron chi connectivity index (χ2n) is 4.88. The normalized spacial score (nSPS) is 19.6. The summed E-state index contributed by atoms with van der Waals surface area (Å²) in [5.74, 6) is 5.94. The van der Waals surface area contributed by atoms with Gasteiger partial charge >= 0.3 is 0 Å². The minimum absolute atomic E-state index is 0.424. The first-order valence-electron chi connectivity index (χ1n) is 6.85. The van der Waals surface area contributed by atoms with Crippen LogP contribution in [0.4, 0.5) is 0 Å². The van der Waals surface area contributed by atoms with Gasteiger partial charge in [-0.05, 0) is 43.5 Å². The smallest absolute Gasteiger partial charge is 0.0555 e. The van der Waals surface area contributed by atoms with E-state index in [1.807, 2.05) is 0 Å². The number of hydrogen-bond donors (Lipinski definition) is 1. The van der Waals surface area contributed by atoms with Crippen LogP contribution in [0, 0.1) is 11.8 Å². The van der Waals surface area contributed by atoms with Gasteiger partial charge < -0.3 is 5.73 Å². The molecule has 1 saturated heterocycles. The van der Waals surface area contributed by atoms with Crippen LogP contribution in [0.15, 0.2) is 24.3 Å². The lowest BCUT2D eigenvalue weighted by Crippen LogP contribution is -2.28. The van der Waals surface area contributed by atoms with E-state index in [0.29, 0.717) is 6.54 Å². The van der Waals surface area contributed by atoms with Crippen LogP contribution in [-0.4, -0.2) is 24.0 Å². The summed E-state index contributed by atoms with van der Waals surface area (Å²) in [6.07, 6.45) is 3.97. The van der Waals surface area contributed by atoms with E-state index in [9.17, 15) is 0 Å². The van der Waals surface area contributed by atoms with Gasteiger partial charge in [0.1, 0.15) is 0 Å². The van der Waals surface area contributed by atoms with Crippen LogP contribution < -0.4 is 5.73 Å². The predicted octanol–water partition coefficient (Wildman–Crippen LogP) is 2.37. The molecule has 1 heterocycles. The number of hydrogen-bond acceptors (Lipinski definition) is 2. The molecular formula is C16H22N2. The van der Waals surface area contributed by atoms with Crippen LogP contribution in [0.1, 0.15) is 37.3 Å². The van der Waals surface area contributed by atoms with Crippen LogP contribution in [0.3, 0.4) is 0 Å². The third-order valence-corrected chi connectivity index (χ3v) is 3.64. The Balaban J connectivity index is 1.97. The van der Waals surface area contributed by atoms with E-state index in [2.05, 4.69) is 47.9 Å². The van der Waals surface area contributed by atoms with Gasteiger partial charge in [0.15, 0.2) is 0 Å². The molecule has 96 valence electrons. The van der Waals surface area contributed by atoms with Crippen molar-refractivity contribution in [2.45, 2.75) is 38.8 Å². The van der Waals surface area contributed by atoms with Crippen LogP contribution in [0.2, 0.25) is 0 Å². The van der Waals surface area contributed by atoms with Crippen molar-refractivity contribution in [1.29, 1.82) is 0 Å². The van der Waals surface area contributed by atoms with Gasteiger partial charge in [-0.1, -0.05) is 30.9 Å². The highest BCUT2D eigenvalue weighted by Crippen LogP contribution is 2.22. The molecule has 1 unspecified atom stereocenters. The highest BCUT2D eigenvalue weighted by atomic mass is 15.2. The first kappa shape index (κ1) is 13.1. The predicted molar refractivity (Wildman–Crippen MR) is 76.1 cm³/mol. The molecule has 2 heteroatoms. The Bertz CT molecular complexity index is 425. The van der Waals surface area contributed by atoms with Gasteiger partial charge in [0, 0.05) is 18.2 Å². The van der Waals surface area contributed by atoms with E-state index in [0.717, 1.165) is 18.2 Å². The molecule has 1 fully saturated rings. The zero-order valence-corrected chi connectivity index (χ0v) is 11.2. The Morgan fingerprint density at radius 3 is 2.78 bits per heavy atom. The van der Waals surface area contributed by atoms with Gasteiger partial charge in [-0.15, -0.1) is 0 Å². The molecule has 2 rings (SSSR count). The van der Waals surface area contributed by atoms with E-state index >= 15 is 0 Å². The molecule has 0 radical (unpaired) electrons. The summed E-state index contributed by atoms with van der Waals surface area (Å²) in [5, 5.41) is 0. The van der Waals surface area contributed by atoms with Gasteiger partial charge in [-0.3, -0.25) is 4.90 Å². The number of likely N-dealkylation sites (tertiary alicyclic amines) is 1. The maximum atomic E-state index is 5.37. The third-order valence-electron chi connectivity index (χ3n) is 3.64. The molecule has 0 spiro atoms. The van der Waals surface area contributed by atoms with E-state index in [1.165, 1.54) is 31.4 Å². The largest absolute Gasteiger partial charge is 0.320 e. The number of nitrogens with zero attached hydrogens (tertiary/aromatic N) is 1. The van der Waals surface area contributed by atoms with Crippen LogP contribution >= 0.6 is 0 Å². The lowest BCUT2D eigenvalue weighted by molar-refractivity contribution is 0.240. The Kier molecular flexibility index (Phi) is 4.81. The van der Waals surface area contributed by atoms with Gasteiger partial charge in [0.25, 0.3) is 0 Å². The van der Waals surface area contributed by atoms with Crippen LogP contribution in [0.5, 0.6) is 0 Å². The lowest BCUT2D eigenvalue weighted by Gasteiger charge is -2.23. The Morgan fingerprint density at radius 2 is 2.11 bits per heavy atom.